The largest absolute Gasteiger partial charge is 0.462 e. The molecule has 0 saturated carbocycles. The molecule has 0 amide bonds. The molecule has 3 rings (SSSR count). The maximum atomic E-state index is 11.8. The molecule has 0 aliphatic rings. The summed E-state index contributed by atoms with van der Waals surface area (Å²) < 4.78 is 7.19. The molecule has 0 aliphatic carbocycles. The standard InChI is InChI=1S/C22H22N2O2/c1-4-26-22(25)18-10-12-21(13-11-18)24-16(2)14-19(17(24)3)15-23-20-8-6-5-7-9-20/h5-15H,4H2,1-3H3. The first-order valence-corrected chi connectivity index (χ1v) is 8.65. The molecule has 0 unspecified atom stereocenters. The second-order valence-corrected chi connectivity index (χ2v) is 6.02. The van der Waals surface area contributed by atoms with Gasteiger partial charge in [-0.3, -0.25) is 4.99 Å². The number of aromatic nitrogens is 1. The third-order valence-corrected chi connectivity index (χ3v) is 4.22. The Balaban J connectivity index is 1.88. The highest BCUT2D eigenvalue weighted by Gasteiger charge is 2.11. The zero-order valence-electron chi connectivity index (χ0n) is 15.3. The molecule has 0 saturated heterocycles. The number of benzene rings is 2. The van der Waals surface area contributed by atoms with Gasteiger partial charge >= 0.3 is 5.97 Å². The van der Waals surface area contributed by atoms with Crippen LogP contribution in [0.3, 0.4) is 0 Å². The third-order valence-electron chi connectivity index (χ3n) is 4.22. The van der Waals surface area contributed by atoms with Crippen molar-refractivity contribution in [3.8, 4) is 5.69 Å². The van der Waals surface area contributed by atoms with E-state index in [1.807, 2.05) is 48.7 Å². The fraction of sp³-hybridized carbons (Fsp3) is 0.182. The number of carbonyl (C=O) groups excluding carboxylic acids is 1. The highest BCUT2D eigenvalue weighted by Crippen LogP contribution is 2.21. The van der Waals surface area contributed by atoms with Crippen molar-refractivity contribution in [3.05, 3.63) is 83.2 Å². The van der Waals surface area contributed by atoms with Gasteiger partial charge in [0.2, 0.25) is 0 Å². The first kappa shape index (κ1) is 17.7. The van der Waals surface area contributed by atoms with Crippen molar-refractivity contribution < 1.29 is 9.53 Å². The monoisotopic (exact) mass is 346 g/mol. The lowest BCUT2D eigenvalue weighted by atomic mass is 10.2. The van der Waals surface area contributed by atoms with E-state index < -0.39 is 0 Å². The second kappa shape index (κ2) is 7.83. The summed E-state index contributed by atoms with van der Waals surface area (Å²) in [6.45, 7) is 6.31. The van der Waals surface area contributed by atoms with Gasteiger partial charge in [0.25, 0.3) is 0 Å². The molecule has 4 heteroatoms. The van der Waals surface area contributed by atoms with Gasteiger partial charge in [-0.2, -0.15) is 0 Å². The molecule has 4 nitrogen and oxygen atoms in total. The van der Waals surface area contributed by atoms with E-state index >= 15 is 0 Å². The van der Waals surface area contributed by atoms with Gasteiger partial charge in [-0.1, -0.05) is 18.2 Å². The summed E-state index contributed by atoms with van der Waals surface area (Å²) in [6, 6.07) is 19.4. The quantitative estimate of drug-likeness (QED) is 0.481. The molecule has 1 aromatic heterocycles. The molecule has 0 bridgehead atoms. The lowest BCUT2D eigenvalue weighted by Crippen LogP contribution is -2.05. The van der Waals surface area contributed by atoms with E-state index in [1.165, 1.54) is 0 Å². The fourth-order valence-corrected chi connectivity index (χ4v) is 2.93. The molecule has 0 radical (unpaired) electrons. The van der Waals surface area contributed by atoms with E-state index in [4.69, 9.17) is 4.74 Å². The number of esters is 1. The average molecular weight is 346 g/mol. The van der Waals surface area contributed by atoms with Crippen molar-refractivity contribution in [1.29, 1.82) is 0 Å². The Kier molecular flexibility index (Phi) is 5.32. The Bertz CT molecular complexity index is 923. The summed E-state index contributed by atoms with van der Waals surface area (Å²) in [5.41, 5.74) is 5.78. The van der Waals surface area contributed by atoms with Crippen molar-refractivity contribution in [2.75, 3.05) is 6.61 Å². The minimum Gasteiger partial charge on any atom is -0.462 e. The molecule has 0 aliphatic heterocycles. The molecular formula is C22H22N2O2. The normalized spacial score (nSPS) is 11.0. The zero-order chi connectivity index (χ0) is 18.5. The average Bonchev–Trinajstić information content (AvgIpc) is 2.95. The number of aryl methyl sites for hydroxylation is 1. The Hall–Kier alpha value is -3.14. The third kappa shape index (κ3) is 3.75. The topological polar surface area (TPSA) is 43.6 Å². The fourth-order valence-electron chi connectivity index (χ4n) is 2.93. The van der Waals surface area contributed by atoms with Crippen LogP contribution in [0.4, 0.5) is 5.69 Å². The molecule has 132 valence electrons. The number of carbonyl (C=O) groups is 1. The van der Waals surface area contributed by atoms with E-state index in [9.17, 15) is 4.79 Å². The van der Waals surface area contributed by atoms with Crippen molar-refractivity contribution in [2.45, 2.75) is 20.8 Å². The molecule has 0 fully saturated rings. The number of aliphatic imine (C=N–C) groups is 1. The summed E-state index contributed by atoms with van der Waals surface area (Å²) in [5.74, 6) is -0.296. The lowest BCUT2D eigenvalue weighted by molar-refractivity contribution is 0.0526. The smallest absolute Gasteiger partial charge is 0.338 e. The van der Waals surface area contributed by atoms with E-state index in [0.29, 0.717) is 12.2 Å². The van der Waals surface area contributed by atoms with Crippen LogP contribution >= 0.6 is 0 Å². The van der Waals surface area contributed by atoms with E-state index in [2.05, 4.69) is 29.5 Å². The Morgan fingerprint density at radius 1 is 1.08 bits per heavy atom. The van der Waals surface area contributed by atoms with E-state index in [1.54, 1.807) is 19.1 Å². The second-order valence-electron chi connectivity index (χ2n) is 6.02. The van der Waals surface area contributed by atoms with Gasteiger partial charge in [-0.05, 0) is 63.2 Å². The predicted molar refractivity (Wildman–Crippen MR) is 105 cm³/mol. The number of hydrogen-bond donors (Lipinski definition) is 0. The van der Waals surface area contributed by atoms with Crippen LogP contribution in [0.15, 0.2) is 65.7 Å². The Morgan fingerprint density at radius 2 is 1.77 bits per heavy atom. The molecular weight excluding hydrogens is 324 g/mol. The minimum absolute atomic E-state index is 0.296. The van der Waals surface area contributed by atoms with Gasteiger partial charge in [0.05, 0.1) is 17.9 Å². The zero-order valence-corrected chi connectivity index (χ0v) is 15.3. The van der Waals surface area contributed by atoms with E-state index in [0.717, 1.165) is 28.3 Å². The van der Waals surface area contributed by atoms with Gasteiger partial charge in [0.15, 0.2) is 0 Å². The molecule has 0 atom stereocenters. The van der Waals surface area contributed by atoms with Gasteiger partial charge in [0.1, 0.15) is 0 Å². The van der Waals surface area contributed by atoms with Crippen LogP contribution in [0.2, 0.25) is 0 Å². The molecule has 1 heterocycles. The highest BCUT2D eigenvalue weighted by atomic mass is 16.5. The molecule has 0 spiro atoms. The van der Waals surface area contributed by atoms with Crippen LogP contribution in [0.1, 0.15) is 34.2 Å². The van der Waals surface area contributed by atoms with Gasteiger partial charge in [-0.15, -0.1) is 0 Å². The van der Waals surface area contributed by atoms with Crippen molar-refractivity contribution in [1.82, 2.24) is 4.57 Å². The van der Waals surface area contributed by atoms with Crippen LogP contribution in [0.25, 0.3) is 5.69 Å². The van der Waals surface area contributed by atoms with Crippen molar-refractivity contribution in [3.63, 3.8) is 0 Å². The van der Waals surface area contributed by atoms with Gasteiger partial charge in [-0.25, -0.2) is 4.79 Å². The summed E-state index contributed by atoms with van der Waals surface area (Å²) >= 11 is 0. The van der Waals surface area contributed by atoms with Crippen molar-refractivity contribution in [2.24, 2.45) is 4.99 Å². The molecule has 3 aromatic rings. The number of hydrogen-bond acceptors (Lipinski definition) is 3. The van der Waals surface area contributed by atoms with Crippen LogP contribution in [-0.4, -0.2) is 23.4 Å². The first-order valence-electron chi connectivity index (χ1n) is 8.65. The van der Waals surface area contributed by atoms with E-state index in [-0.39, 0.29) is 5.97 Å². The van der Waals surface area contributed by atoms with Gasteiger partial charge in [0, 0.05) is 28.9 Å². The maximum absolute atomic E-state index is 11.8. The Morgan fingerprint density at radius 3 is 2.42 bits per heavy atom. The first-order chi connectivity index (χ1) is 12.6. The number of nitrogens with zero attached hydrogens (tertiary/aromatic N) is 2. The number of ether oxygens (including phenoxy) is 1. The van der Waals surface area contributed by atoms with Crippen molar-refractivity contribution >= 4 is 17.9 Å². The van der Waals surface area contributed by atoms with Gasteiger partial charge < -0.3 is 9.30 Å². The minimum atomic E-state index is -0.296. The predicted octanol–water partition coefficient (Wildman–Crippen LogP) is 5.02. The van der Waals surface area contributed by atoms with Crippen LogP contribution in [0.5, 0.6) is 0 Å². The lowest BCUT2D eigenvalue weighted by Gasteiger charge is -2.10. The summed E-state index contributed by atoms with van der Waals surface area (Å²) in [6.07, 6.45) is 1.89. The number of rotatable bonds is 5. The molecule has 0 N–H and O–H groups in total. The number of para-hydroxylation sites is 1. The summed E-state index contributed by atoms with van der Waals surface area (Å²) in [5, 5.41) is 0. The Labute approximate surface area is 153 Å². The van der Waals surface area contributed by atoms with Crippen LogP contribution in [0, 0.1) is 13.8 Å². The molecule has 26 heavy (non-hydrogen) atoms. The highest BCUT2D eigenvalue weighted by molar-refractivity contribution is 5.89. The summed E-state index contributed by atoms with van der Waals surface area (Å²) in [7, 11) is 0. The van der Waals surface area contributed by atoms with Crippen LogP contribution in [-0.2, 0) is 4.74 Å². The molecule has 2 aromatic carbocycles. The maximum Gasteiger partial charge on any atom is 0.338 e. The van der Waals surface area contributed by atoms with Crippen LogP contribution < -0.4 is 0 Å². The summed E-state index contributed by atoms with van der Waals surface area (Å²) in [4.78, 5) is 16.3. The SMILES string of the molecule is CCOC(=O)c1ccc(-n2c(C)cc(C=Nc3ccccc3)c2C)cc1.